The third-order valence-electron chi connectivity index (χ3n) is 3.78. The fourth-order valence-electron chi connectivity index (χ4n) is 2.63. The molecule has 0 fully saturated rings. The molecule has 3 rings (SSSR count). The molecule has 8 nitrogen and oxygen atoms in total. The number of anilines is 1. The van der Waals surface area contributed by atoms with Crippen LogP contribution in [0.25, 0.3) is 5.65 Å². The summed E-state index contributed by atoms with van der Waals surface area (Å²) in [5, 5.41) is 13.4. The van der Waals surface area contributed by atoms with E-state index in [9.17, 15) is 21.6 Å². The van der Waals surface area contributed by atoms with E-state index in [0.717, 1.165) is 5.56 Å². The molecule has 12 heteroatoms. The number of hydrogen-bond acceptors (Lipinski definition) is 6. The van der Waals surface area contributed by atoms with Gasteiger partial charge in [-0.15, -0.1) is 15.3 Å². The second kappa shape index (κ2) is 7.95. The summed E-state index contributed by atoms with van der Waals surface area (Å²) in [6.45, 7) is 3.78. The number of aromatic nitrogens is 4. The minimum atomic E-state index is -4.66. The van der Waals surface area contributed by atoms with Crippen LogP contribution < -0.4 is 10.0 Å². The summed E-state index contributed by atoms with van der Waals surface area (Å²) >= 11 is 0. The van der Waals surface area contributed by atoms with Crippen LogP contribution in [0.5, 0.6) is 0 Å². The monoisotopic (exact) mass is 428 g/mol. The molecule has 0 saturated carbocycles. The number of nitrogens with zero attached hydrogens (tertiary/aromatic N) is 4. The Hall–Kier alpha value is -2.73. The molecule has 0 bridgehead atoms. The molecule has 2 N–H and O–H groups in total. The molecular formula is C17H19F3N6O2S. The predicted octanol–water partition coefficient (Wildman–Crippen LogP) is 2.58. The van der Waals surface area contributed by atoms with Crippen molar-refractivity contribution in [3.8, 4) is 0 Å². The number of halogens is 3. The van der Waals surface area contributed by atoms with Crippen molar-refractivity contribution in [2.24, 2.45) is 0 Å². The zero-order valence-electron chi connectivity index (χ0n) is 15.6. The summed E-state index contributed by atoms with van der Waals surface area (Å²) in [6.07, 6.45) is -4.66. The van der Waals surface area contributed by atoms with Gasteiger partial charge in [-0.2, -0.15) is 17.7 Å². The van der Waals surface area contributed by atoms with Crippen LogP contribution in [0.3, 0.4) is 0 Å². The lowest BCUT2D eigenvalue weighted by Gasteiger charge is -2.10. The van der Waals surface area contributed by atoms with Gasteiger partial charge < -0.3 is 5.32 Å². The van der Waals surface area contributed by atoms with Gasteiger partial charge in [0.25, 0.3) is 5.82 Å². The molecule has 0 saturated heterocycles. The second-order valence-electron chi connectivity index (χ2n) is 6.71. The molecule has 2 heterocycles. The second-order valence-corrected chi connectivity index (χ2v) is 8.47. The van der Waals surface area contributed by atoms with Gasteiger partial charge in [-0.25, -0.2) is 13.1 Å². The van der Waals surface area contributed by atoms with Crippen molar-refractivity contribution in [2.45, 2.75) is 38.4 Å². The minimum Gasteiger partial charge on any atom is -0.365 e. The van der Waals surface area contributed by atoms with Crippen LogP contribution in [0.15, 0.2) is 36.4 Å². The van der Waals surface area contributed by atoms with Crippen LogP contribution >= 0.6 is 0 Å². The highest BCUT2D eigenvalue weighted by Crippen LogP contribution is 2.27. The van der Waals surface area contributed by atoms with E-state index in [-0.39, 0.29) is 23.3 Å². The Bertz CT molecular complexity index is 1090. The number of alkyl halides is 3. The highest BCUT2D eigenvalue weighted by Gasteiger charge is 2.37. The third-order valence-corrected chi connectivity index (χ3v) is 5.33. The van der Waals surface area contributed by atoms with Crippen LogP contribution in [-0.2, 0) is 28.5 Å². The maximum absolute atomic E-state index is 12.9. The standard InChI is InChI=1S/C17H19F3N6O2S/c1-11(2)25-29(27,28)10-13-5-3-12(4-6-13)9-21-14-7-8-15-22-23-16(17(18,19)20)26(15)24-14/h3-8,11,25H,9-10H2,1-2H3,(H,21,24). The summed E-state index contributed by atoms with van der Waals surface area (Å²) < 4.78 is 65.9. The topological polar surface area (TPSA) is 101 Å². The third kappa shape index (κ3) is 5.41. The van der Waals surface area contributed by atoms with E-state index in [1.54, 1.807) is 38.1 Å². The molecule has 0 atom stereocenters. The van der Waals surface area contributed by atoms with Crippen molar-refractivity contribution in [1.82, 2.24) is 24.5 Å². The van der Waals surface area contributed by atoms with Gasteiger partial charge >= 0.3 is 6.18 Å². The van der Waals surface area contributed by atoms with Gasteiger partial charge in [0.05, 0.1) is 5.75 Å². The summed E-state index contributed by atoms with van der Waals surface area (Å²) in [5.41, 5.74) is 1.42. The molecule has 3 aromatic rings. The molecule has 29 heavy (non-hydrogen) atoms. The number of sulfonamides is 1. The van der Waals surface area contributed by atoms with E-state index in [1.807, 2.05) is 0 Å². The molecule has 0 aliphatic heterocycles. The molecule has 0 radical (unpaired) electrons. The van der Waals surface area contributed by atoms with E-state index in [0.29, 0.717) is 16.6 Å². The normalized spacial score (nSPS) is 12.6. The van der Waals surface area contributed by atoms with Crippen LogP contribution in [0, 0.1) is 0 Å². The first kappa shape index (κ1) is 21.0. The zero-order valence-corrected chi connectivity index (χ0v) is 16.4. The van der Waals surface area contributed by atoms with E-state index < -0.39 is 22.0 Å². The van der Waals surface area contributed by atoms with Gasteiger partial charge in [0, 0.05) is 12.6 Å². The van der Waals surface area contributed by atoms with Crippen LogP contribution in [0.4, 0.5) is 19.0 Å². The quantitative estimate of drug-likeness (QED) is 0.600. The maximum atomic E-state index is 12.9. The molecule has 1 aromatic carbocycles. The molecule has 0 aliphatic carbocycles. The van der Waals surface area contributed by atoms with Crippen LogP contribution in [0.2, 0.25) is 0 Å². The number of rotatable bonds is 7. The minimum absolute atomic E-state index is 0.0107. The van der Waals surface area contributed by atoms with Gasteiger partial charge in [-0.1, -0.05) is 24.3 Å². The van der Waals surface area contributed by atoms with Gasteiger partial charge in [0.15, 0.2) is 5.65 Å². The number of fused-ring (bicyclic) bond motifs is 1. The van der Waals surface area contributed by atoms with Gasteiger partial charge in [-0.3, -0.25) is 0 Å². The van der Waals surface area contributed by atoms with Crippen molar-refractivity contribution in [3.63, 3.8) is 0 Å². The van der Waals surface area contributed by atoms with Gasteiger partial charge in [0.2, 0.25) is 10.0 Å². The Morgan fingerprint density at radius 1 is 1.03 bits per heavy atom. The smallest absolute Gasteiger partial charge is 0.365 e. The molecule has 156 valence electrons. The summed E-state index contributed by atoms with van der Waals surface area (Å²) in [5.74, 6) is -1.11. The first-order chi connectivity index (χ1) is 13.5. The number of benzene rings is 1. The Morgan fingerprint density at radius 3 is 2.31 bits per heavy atom. The van der Waals surface area contributed by atoms with E-state index in [2.05, 4.69) is 25.3 Å². The van der Waals surface area contributed by atoms with Crippen LogP contribution in [-0.4, -0.2) is 34.3 Å². The average molecular weight is 428 g/mol. The highest BCUT2D eigenvalue weighted by molar-refractivity contribution is 7.88. The van der Waals surface area contributed by atoms with Gasteiger partial charge in [-0.05, 0) is 37.1 Å². The van der Waals surface area contributed by atoms with Crippen LogP contribution in [0.1, 0.15) is 30.8 Å². The summed E-state index contributed by atoms with van der Waals surface area (Å²) in [4.78, 5) is 0. The molecule has 0 aliphatic rings. The average Bonchev–Trinajstić information content (AvgIpc) is 3.03. The van der Waals surface area contributed by atoms with Crippen molar-refractivity contribution in [1.29, 1.82) is 0 Å². The fraction of sp³-hybridized carbons (Fsp3) is 0.353. The predicted molar refractivity (Wildman–Crippen MR) is 100 cm³/mol. The largest absolute Gasteiger partial charge is 0.453 e. The lowest BCUT2D eigenvalue weighted by atomic mass is 10.1. The van der Waals surface area contributed by atoms with Crippen molar-refractivity contribution in [3.05, 3.63) is 53.3 Å². The fourth-order valence-corrected chi connectivity index (χ4v) is 4.06. The molecular weight excluding hydrogens is 409 g/mol. The van der Waals surface area contributed by atoms with Crippen molar-refractivity contribution >= 4 is 21.5 Å². The highest BCUT2D eigenvalue weighted by atomic mass is 32.2. The molecule has 2 aromatic heterocycles. The maximum Gasteiger partial charge on any atom is 0.453 e. The lowest BCUT2D eigenvalue weighted by Crippen LogP contribution is -2.31. The Labute approximate surface area is 165 Å². The van der Waals surface area contributed by atoms with E-state index >= 15 is 0 Å². The molecule has 0 amide bonds. The number of hydrogen-bond donors (Lipinski definition) is 2. The molecule has 0 unspecified atom stereocenters. The molecule has 0 spiro atoms. The first-order valence-electron chi connectivity index (χ1n) is 8.65. The van der Waals surface area contributed by atoms with Gasteiger partial charge in [0.1, 0.15) is 5.82 Å². The number of nitrogens with one attached hydrogen (secondary N) is 2. The lowest BCUT2D eigenvalue weighted by molar-refractivity contribution is -0.146. The Morgan fingerprint density at radius 2 is 1.69 bits per heavy atom. The zero-order chi connectivity index (χ0) is 21.2. The Balaban J connectivity index is 1.67. The Kier molecular flexibility index (Phi) is 5.75. The summed E-state index contributed by atoms with van der Waals surface area (Å²) in [7, 11) is -3.42. The van der Waals surface area contributed by atoms with E-state index in [1.165, 1.54) is 12.1 Å². The van der Waals surface area contributed by atoms with E-state index in [4.69, 9.17) is 0 Å². The van der Waals surface area contributed by atoms with Crippen molar-refractivity contribution in [2.75, 3.05) is 5.32 Å². The first-order valence-corrected chi connectivity index (χ1v) is 10.3. The van der Waals surface area contributed by atoms with Crippen molar-refractivity contribution < 1.29 is 21.6 Å². The SMILES string of the molecule is CC(C)NS(=O)(=O)Cc1ccc(CNc2ccc3nnc(C(F)(F)F)n3n2)cc1. The summed E-state index contributed by atoms with van der Waals surface area (Å²) in [6, 6.07) is 9.56.